The second kappa shape index (κ2) is 12.4. The number of carbonyl (C=O) groups excluding carboxylic acids is 1. The molecule has 42 heavy (non-hydrogen) atoms. The summed E-state index contributed by atoms with van der Waals surface area (Å²) in [6.45, 7) is 3.44. The lowest BCUT2D eigenvalue weighted by molar-refractivity contribution is -0.134. The first-order chi connectivity index (χ1) is 20.4. The van der Waals surface area contributed by atoms with Gasteiger partial charge in [0.15, 0.2) is 5.82 Å². The fourth-order valence-corrected chi connectivity index (χ4v) is 6.33. The van der Waals surface area contributed by atoms with Crippen LogP contribution in [0.3, 0.4) is 0 Å². The molecule has 3 aliphatic rings. The number of aromatic nitrogens is 4. The number of likely N-dealkylation sites (tertiary alicyclic amines) is 1. The van der Waals surface area contributed by atoms with Gasteiger partial charge in [-0.3, -0.25) is 14.3 Å². The van der Waals surface area contributed by atoms with Crippen molar-refractivity contribution in [3.05, 3.63) is 36.2 Å². The lowest BCUT2D eigenvalue weighted by Crippen LogP contribution is -2.46. The lowest BCUT2D eigenvalue weighted by Gasteiger charge is -2.35. The zero-order valence-electron chi connectivity index (χ0n) is 23.7. The maximum Gasteiger partial charge on any atom is 0.296 e. The number of benzene rings is 1. The first-order valence-electron chi connectivity index (χ1n) is 14.7. The van der Waals surface area contributed by atoms with Crippen LogP contribution < -0.4 is 9.64 Å². The molecule has 1 aromatic carbocycles. The monoisotopic (exact) mass is 585 g/mol. The Hall–Kier alpha value is -3.42. The third-order valence-corrected chi connectivity index (χ3v) is 8.55. The highest BCUT2D eigenvalue weighted by atomic mass is 19.3. The second-order valence-corrected chi connectivity index (χ2v) is 11.1. The Morgan fingerprint density at radius 3 is 2.57 bits per heavy atom. The predicted molar refractivity (Wildman–Crippen MR) is 151 cm³/mol. The van der Waals surface area contributed by atoms with Crippen molar-refractivity contribution in [1.82, 2.24) is 29.3 Å². The zero-order valence-corrected chi connectivity index (χ0v) is 23.7. The number of morpholine rings is 1. The summed E-state index contributed by atoms with van der Waals surface area (Å²) in [6, 6.07) is 8.59. The van der Waals surface area contributed by atoms with E-state index in [1.54, 1.807) is 30.3 Å². The number of likely N-dealkylation sites (N-methyl/N-ethyl adjacent to an activating group) is 1. The van der Waals surface area contributed by atoms with E-state index < -0.39 is 6.43 Å². The molecular formula is C29H37F2N7O4. The Balaban J connectivity index is 1.22. The highest BCUT2D eigenvalue weighted by Crippen LogP contribution is 2.33. The molecule has 4 heterocycles. The van der Waals surface area contributed by atoms with Crippen molar-refractivity contribution < 1.29 is 28.2 Å². The fraction of sp³-hybridized carbons (Fsp3) is 0.586. The van der Waals surface area contributed by atoms with Crippen LogP contribution in [0.5, 0.6) is 5.88 Å². The molecule has 11 nitrogen and oxygen atoms in total. The van der Waals surface area contributed by atoms with Gasteiger partial charge < -0.3 is 24.4 Å². The molecule has 2 aromatic heterocycles. The van der Waals surface area contributed by atoms with Crippen molar-refractivity contribution in [3.63, 3.8) is 0 Å². The number of para-hydroxylation sites is 2. The predicted octanol–water partition coefficient (Wildman–Crippen LogP) is 2.80. The summed E-state index contributed by atoms with van der Waals surface area (Å²) in [7, 11) is 1.88. The number of halogens is 2. The van der Waals surface area contributed by atoms with Crippen LogP contribution in [-0.4, -0.2) is 112 Å². The Morgan fingerprint density at radius 2 is 1.83 bits per heavy atom. The maximum atomic E-state index is 14.2. The zero-order chi connectivity index (χ0) is 29.2. The number of aliphatic hydroxyl groups is 1. The molecule has 3 aromatic rings. The number of alkyl halides is 2. The number of hydrogen-bond acceptors (Lipinski definition) is 9. The highest BCUT2D eigenvalue weighted by Gasteiger charge is 2.39. The Morgan fingerprint density at radius 1 is 1.07 bits per heavy atom. The van der Waals surface area contributed by atoms with Gasteiger partial charge in [-0.1, -0.05) is 12.1 Å². The largest absolute Gasteiger partial charge is 0.474 e. The topological polar surface area (TPSA) is 109 Å². The molecule has 0 unspecified atom stereocenters. The van der Waals surface area contributed by atoms with Crippen LogP contribution in [-0.2, 0) is 9.53 Å². The summed E-state index contributed by atoms with van der Waals surface area (Å²) in [5.41, 5.74) is 0.991. The van der Waals surface area contributed by atoms with E-state index in [0.717, 1.165) is 38.6 Å². The summed E-state index contributed by atoms with van der Waals surface area (Å²) >= 11 is 0. The molecule has 1 N–H and O–H groups in total. The van der Waals surface area contributed by atoms with Gasteiger partial charge >= 0.3 is 0 Å². The van der Waals surface area contributed by atoms with Crippen LogP contribution in [0.15, 0.2) is 30.3 Å². The van der Waals surface area contributed by atoms with Crippen molar-refractivity contribution in [2.45, 2.75) is 56.7 Å². The Kier molecular flexibility index (Phi) is 8.50. The molecule has 0 radical (unpaired) electrons. The van der Waals surface area contributed by atoms with Crippen LogP contribution in [0.4, 0.5) is 14.7 Å². The van der Waals surface area contributed by atoms with Crippen molar-refractivity contribution in [3.8, 4) is 11.7 Å². The standard InChI is InChI=1S/C29H37F2N7O4/c1-35(12-15-39)23-10-11-37(28(23)40)19-6-8-20(9-7-19)42-25-18-24(33-29(34-25)36-13-16-41-17-14-36)38-22-5-3-2-4-21(22)32-27(38)26(30)31/h2-5,18-20,23,26,39H,6-17H2,1H3/t19?,20?,23-/m0/s1. The number of aliphatic hydroxyl groups excluding tert-OH is 1. The van der Waals surface area contributed by atoms with Crippen molar-refractivity contribution in [2.24, 2.45) is 0 Å². The van der Waals surface area contributed by atoms with Gasteiger partial charge in [0.1, 0.15) is 11.9 Å². The quantitative estimate of drug-likeness (QED) is 0.406. The van der Waals surface area contributed by atoms with E-state index in [1.165, 1.54) is 4.57 Å². The number of fused-ring (bicyclic) bond motifs is 1. The van der Waals surface area contributed by atoms with Crippen LogP contribution >= 0.6 is 0 Å². The summed E-state index contributed by atoms with van der Waals surface area (Å²) in [4.78, 5) is 32.6. The number of rotatable bonds is 9. The average molecular weight is 586 g/mol. The van der Waals surface area contributed by atoms with Crippen LogP contribution in [0.2, 0.25) is 0 Å². The molecule has 1 aliphatic carbocycles. The molecule has 6 rings (SSSR count). The minimum atomic E-state index is -2.80. The summed E-state index contributed by atoms with van der Waals surface area (Å²) < 4.78 is 41.6. The molecule has 0 spiro atoms. The molecule has 1 saturated carbocycles. The van der Waals surface area contributed by atoms with E-state index in [4.69, 9.17) is 19.4 Å². The number of anilines is 1. The third-order valence-electron chi connectivity index (χ3n) is 8.55. The second-order valence-electron chi connectivity index (χ2n) is 11.1. The normalized spacial score (nSPS) is 23.5. The molecule has 1 amide bonds. The molecular weight excluding hydrogens is 548 g/mol. The van der Waals surface area contributed by atoms with E-state index in [0.29, 0.717) is 55.7 Å². The van der Waals surface area contributed by atoms with Gasteiger partial charge in [0.2, 0.25) is 17.7 Å². The van der Waals surface area contributed by atoms with Gasteiger partial charge in [0.25, 0.3) is 6.43 Å². The SMILES string of the molecule is CN(CCO)[C@H]1CCN(C2CCC(Oc3cc(-n4c(C(F)F)nc5ccccc54)nc(N4CCOCC4)n3)CC2)C1=O. The van der Waals surface area contributed by atoms with Crippen LogP contribution in [0.1, 0.15) is 44.4 Å². The first kappa shape index (κ1) is 28.7. The summed E-state index contributed by atoms with van der Waals surface area (Å²) in [6.07, 6.45) is 0.952. The number of imidazole rings is 1. The van der Waals surface area contributed by atoms with E-state index in [9.17, 15) is 18.7 Å². The number of nitrogens with zero attached hydrogens (tertiary/aromatic N) is 7. The minimum absolute atomic E-state index is 0.0290. The van der Waals surface area contributed by atoms with Gasteiger partial charge in [-0.25, -0.2) is 13.8 Å². The van der Waals surface area contributed by atoms with E-state index in [-0.39, 0.29) is 42.3 Å². The lowest BCUT2D eigenvalue weighted by atomic mass is 9.92. The molecule has 226 valence electrons. The molecule has 13 heteroatoms. The third kappa shape index (κ3) is 5.77. The van der Waals surface area contributed by atoms with E-state index in [2.05, 4.69) is 4.98 Å². The molecule has 2 saturated heterocycles. The highest BCUT2D eigenvalue weighted by molar-refractivity contribution is 5.84. The molecule has 1 atom stereocenters. The van der Waals surface area contributed by atoms with Gasteiger partial charge in [-0.05, 0) is 51.3 Å². The van der Waals surface area contributed by atoms with Crippen LogP contribution in [0, 0.1) is 0 Å². The summed E-state index contributed by atoms with van der Waals surface area (Å²) in [5, 5.41) is 9.26. The van der Waals surface area contributed by atoms with Crippen molar-refractivity contribution in [1.29, 1.82) is 0 Å². The Bertz CT molecular complexity index is 1390. The number of carbonyl (C=O) groups is 1. The number of hydrogen-bond donors (Lipinski definition) is 1. The van der Waals surface area contributed by atoms with Crippen molar-refractivity contribution >= 4 is 22.9 Å². The van der Waals surface area contributed by atoms with E-state index >= 15 is 0 Å². The number of amides is 1. The van der Waals surface area contributed by atoms with Crippen molar-refractivity contribution in [2.75, 3.05) is 57.9 Å². The Labute approximate surface area is 243 Å². The number of ether oxygens (including phenoxy) is 2. The van der Waals surface area contributed by atoms with Gasteiger partial charge in [0, 0.05) is 38.3 Å². The minimum Gasteiger partial charge on any atom is -0.474 e. The average Bonchev–Trinajstić information content (AvgIpc) is 3.59. The molecule has 0 bridgehead atoms. The summed E-state index contributed by atoms with van der Waals surface area (Å²) in [5.74, 6) is 0.754. The van der Waals surface area contributed by atoms with Gasteiger partial charge in [0.05, 0.1) is 36.9 Å². The van der Waals surface area contributed by atoms with Gasteiger partial charge in [-0.2, -0.15) is 9.97 Å². The molecule has 2 aliphatic heterocycles. The van der Waals surface area contributed by atoms with E-state index in [1.807, 2.05) is 21.7 Å². The van der Waals surface area contributed by atoms with Crippen LogP contribution in [0.25, 0.3) is 16.9 Å². The van der Waals surface area contributed by atoms with Gasteiger partial charge in [-0.15, -0.1) is 0 Å². The molecule has 3 fully saturated rings. The maximum absolute atomic E-state index is 14.2. The smallest absolute Gasteiger partial charge is 0.296 e. The first-order valence-corrected chi connectivity index (χ1v) is 14.7. The fourth-order valence-electron chi connectivity index (χ4n) is 6.33.